The zero-order chi connectivity index (χ0) is 13.2. The molecule has 3 rings (SSSR count). The lowest BCUT2D eigenvalue weighted by Crippen LogP contribution is -2.14. The second-order valence-corrected chi connectivity index (χ2v) is 4.76. The maximum atomic E-state index is 13.4. The van der Waals surface area contributed by atoms with Crippen molar-refractivity contribution < 1.29 is 8.81 Å². The SMILES string of the molecule is N#Cc1cc(F)cc(-c2ccc(CNC3CC3)o2)c1. The van der Waals surface area contributed by atoms with Crippen LogP contribution >= 0.6 is 0 Å². The molecule has 0 saturated heterocycles. The van der Waals surface area contributed by atoms with Gasteiger partial charge in [0.1, 0.15) is 17.3 Å². The van der Waals surface area contributed by atoms with E-state index in [1.165, 1.54) is 25.0 Å². The molecular formula is C15H13FN2O. The predicted molar refractivity (Wildman–Crippen MR) is 68.7 cm³/mol. The van der Waals surface area contributed by atoms with Gasteiger partial charge in [-0.1, -0.05) is 0 Å². The van der Waals surface area contributed by atoms with Crippen molar-refractivity contribution in [2.45, 2.75) is 25.4 Å². The molecule has 2 aromatic rings. The van der Waals surface area contributed by atoms with E-state index in [9.17, 15) is 4.39 Å². The fourth-order valence-electron chi connectivity index (χ4n) is 1.96. The van der Waals surface area contributed by atoms with Crippen LogP contribution in [0.3, 0.4) is 0 Å². The average Bonchev–Trinajstić information content (AvgIpc) is 3.12. The van der Waals surface area contributed by atoms with Gasteiger partial charge >= 0.3 is 0 Å². The average molecular weight is 256 g/mol. The molecule has 1 fully saturated rings. The Morgan fingerprint density at radius 1 is 1.32 bits per heavy atom. The second-order valence-electron chi connectivity index (χ2n) is 4.76. The highest BCUT2D eigenvalue weighted by molar-refractivity contribution is 5.60. The topological polar surface area (TPSA) is 49.0 Å². The van der Waals surface area contributed by atoms with Gasteiger partial charge in [-0.3, -0.25) is 0 Å². The lowest BCUT2D eigenvalue weighted by atomic mass is 10.1. The summed E-state index contributed by atoms with van der Waals surface area (Å²) in [5, 5.41) is 12.2. The summed E-state index contributed by atoms with van der Waals surface area (Å²) in [6.07, 6.45) is 2.45. The fourth-order valence-corrected chi connectivity index (χ4v) is 1.96. The third-order valence-electron chi connectivity index (χ3n) is 3.12. The number of rotatable bonds is 4. The monoisotopic (exact) mass is 256 g/mol. The molecule has 19 heavy (non-hydrogen) atoms. The lowest BCUT2D eigenvalue weighted by molar-refractivity contribution is 0.492. The van der Waals surface area contributed by atoms with E-state index in [1.54, 1.807) is 12.1 Å². The first kappa shape index (κ1) is 11.9. The highest BCUT2D eigenvalue weighted by Crippen LogP contribution is 2.25. The highest BCUT2D eigenvalue weighted by Gasteiger charge is 2.20. The van der Waals surface area contributed by atoms with E-state index in [-0.39, 0.29) is 0 Å². The normalized spacial score (nSPS) is 14.3. The van der Waals surface area contributed by atoms with Gasteiger partial charge in [-0.05, 0) is 43.2 Å². The van der Waals surface area contributed by atoms with E-state index < -0.39 is 5.82 Å². The molecule has 0 unspecified atom stereocenters. The Morgan fingerprint density at radius 3 is 2.89 bits per heavy atom. The summed E-state index contributed by atoms with van der Waals surface area (Å²) < 4.78 is 19.0. The van der Waals surface area contributed by atoms with Gasteiger partial charge in [0.25, 0.3) is 0 Å². The summed E-state index contributed by atoms with van der Waals surface area (Å²) in [6.45, 7) is 0.686. The number of nitrogens with zero attached hydrogens (tertiary/aromatic N) is 1. The molecule has 0 spiro atoms. The molecule has 1 N–H and O–H groups in total. The van der Waals surface area contributed by atoms with E-state index in [4.69, 9.17) is 9.68 Å². The highest BCUT2D eigenvalue weighted by atomic mass is 19.1. The molecule has 3 nitrogen and oxygen atoms in total. The number of hydrogen-bond donors (Lipinski definition) is 1. The summed E-state index contributed by atoms with van der Waals surface area (Å²) in [4.78, 5) is 0. The van der Waals surface area contributed by atoms with Crippen LogP contribution in [0, 0.1) is 17.1 Å². The minimum Gasteiger partial charge on any atom is -0.460 e. The van der Waals surface area contributed by atoms with Crippen molar-refractivity contribution in [3.05, 3.63) is 47.5 Å². The first-order valence-corrected chi connectivity index (χ1v) is 6.28. The van der Waals surface area contributed by atoms with Crippen molar-refractivity contribution in [2.24, 2.45) is 0 Å². The van der Waals surface area contributed by atoms with Crippen molar-refractivity contribution >= 4 is 0 Å². The Hall–Kier alpha value is -2.12. The molecule has 0 bridgehead atoms. The van der Waals surface area contributed by atoms with Gasteiger partial charge in [0.2, 0.25) is 0 Å². The van der Waals surface area contributed by atoms with Crippen LogP contribution in [-0.4, -0.2) is 6.04 Å². The quantitative estimate of drug-likeness (QED) is 0.913. The van der Waals surface area contributed by atoms with Crippen molar-refractivity contribution in [3.8, 4) is 17.4 Å². The molecule has 1 aromatic heterocycles. The molecule has 0 radical (unpaired) electrons. The second kappa shape index (κ2) is 4.87. The zero-order valence-corrected chi connectivity index (χ0v) is 10.3. The number of furan rings is 1. The van der Waals surface area contributed by atoms with Crippen LogP contribution in [0.4, 0.5) is 4.39 Å². The Kier molecular flexibility index (Phi) is 3.06. The summed E-state index contributed by atoms with van der Waals surface area (Å²) in [7, 11) is 0. The smallest absolute Gasteiger partial charge is 0.134 e. The van der Waals surface area contributed by atoms with Crippen LogP contribution in [0.2, 0.25) is 0 Å². The van der Waals surface area contributed by atoms with E-state index >= 15 is 0 Å². The van der Waals surface area contributed by atoms with Crippen LogP contribution in [0.25, 0.3) is 11.3 Å². The van der Waals surface area contributed by atoms with E-state index in [0.29, 0.717) is 29.5 Å². The standard InChI is InChI=1S/C15H13FN2O/c16-12-6-10(8-17)5-11(7-12)15-4-3-14(19-15)9-18-13-1-2-13/h3-7,13,18H,1-2,9H2. The Morgan fingerprint density at radius 2 is 2.16 bits per heavy atom. The summed E-state index contributed by atoms with van der Waals surface area (Å²) in [6, 6.07) is 10.4. The molecule has 4 heteroatoms. The van der Waals surface area contributed by atoms with Crippen LogP contribution in [0.5, 0.6) is 0 Å². The zero-order valence-electron chi connectivity index (χ0n) is 10.3. The van der Waals surface area contributed by atoms with Gasteiger partial charge < -0.3 is 9.73 Å². The predicted octanol–water partition coefficient (Wildman–Crippen LogP) is 3.21. The number of nitriles is 1. The summed E-state index contributed by atoms with van der Waals surface area (Å²) in [5.41, 5.74) is 0.887. The third-order valence-corrected chi connectivity index (χ3v) is 3.12. The number of hydrogen-bond acceptors (Lipinski definition) is 3. The number of nitrogens with one attached hydrogen (secondary N) is 1. The van der Waals surface area contributed by atoms with E-state index in [0.717, 1.165) is 5.76 Å². The molecule has 0 amide bonds. The van der Waals surface area contributed by atoms with Gasteiger partial charge in [-0.25, -0.2) is 4.39 Å². The largest absolute Gasteiger partial charge is 0.460 e. The van der Waals surface area contributed by atoms with Gasteiger partial charge in [0.05, 0.1) is 18.2 Å². The molecular weight excluding hydrogens is 243 g/mol. The fraction of sp³-hybridized carbons (Fsp3) is 0.267. The van der Waals surface area contributed by atoms with Gasteiger partial charge in [-0.15, -0.1) is 0 Å². The van der Waals surface area contributed by atoms with E-state index in [1.807, 2.05) is 12.1 Å². The van der Waals surface area contributed by atoms with Crippen molar-refractivity contribution in [3.63, 3.8) is 0 Å². The van der Waals surface area contributed by atoms with Crippen LogP contribution in [0.1, 0.15) is 24.2 Å². The van der Waals surface area contributed by atoms with Crippen molar-refractivity contribution in [1.29, 1.82) is 5.26 Å². The van der Waals surface area contributed by atoms with E-state index in [2.05, 4.69) is 5.32 Å². The van der Waals surface area contributed by atoms with Crippen LogP contribution < -0.4 is 5.32 Å². The Balaban J connectivity index is 1.81. The lowest BCUT2D eigenvalue weighted by Gasteiger charge is -2.00. The van der Waals surface area contributed by atoms with Crippen LogP contribution in [-0.2, 0) is 6.54 Å². The van der Waals surface area contributed by atoms with Crippen molar-refractivity contribution in [2.75, 3.05) is 0 Å². The number of benzene rings is 1. The molecule has 1 aliphatic carbocycles. The first-order chi connectivity index (χ1) is 9.24. The Bertz CT molecular complexity index is 638. The van der Waals surface area contributed by atoms with Crippen molar-refractivity contribution in [1.82, 2.24) is 5.32 Å². The third kappa shape index (κ3) is 2.83. The molecule has 1 aliphatic rings. The van der Waals surface area contributed by atoms with Gasteiger partial charge in [0, 0.05) is 11.6 Å². The minimum absolute atomic E-state index is 0.295. The molecule has 0 aliphatic heterocycles. The molecule has 96 valence electrons. The maximum Gasteiger partial charge on any atom is 0.134 e. The van der Waals surface area contributed by atoms with Crippen LogP contribution in [0.15, 0.2) is 34.7 Å². The molecule has 1 saturated carbocycles. The maximum absolute atomic E-state index is 13.4. The minimum atomic E-state index is -0.428. The first-order valence-electron chi connectivity index (χ1n) is 6.28. The Labute approximate surface area is 110 Å². The van der Waals surface area contributed by atoms with Gasteiger partial charge in [0.15, 0.2) is 0 Å². The molecule has 1 heterocycles. The summed E-state index contributed by atoms with van der Waals surface area (Å²) in [5.74, 6) is 0.983. The summed E-state index contributed by atoms with van der Waals surface area (Å²) >= 11 is 0. The van der Waals surface area contributed by atoms with Gasteiger partial charge in [-0.2, -0.15) is 5.26 Å². The molecule has 0 atom stereocenters. The molecule has 1 aromatic carbocycles. The number of halogens is 1.